The largest absolute Gasteiger partial charge is 0.496 e. The van der Waals surface area contributed by atoms with Crippen LogP contribution in [0.15, 0.2) is 24.3 Å². The van der Waals surface area contributed by atoms with Crippen LogP contribution in [0.1, 0.15) is 31.2 Å². The molecule has 2 aliphatic rings. The Balaban J connectivity index is 1.58. The van der Waals surface area contributed by atoms with Crippen LogP contribution in [0.2, 0.25) is 0 Å². The third-order valence-corrected chi connectivity index (χ3v) is 4.75. The summed E-state index contributed by atoms with van der Waals surface area (Å²) in [7, 11) is 1.63. The number of nitrogens with one attached hydrogen (secondary N) is 2. The molecule has 1 amide bonds. The van der Waals surface area contributed by atoms with E-state index in [0.717, 1.165) is 37.2 Å². The average Bonchev–Trinajstić information content (AvgIpc) is 3.33. The van der Waals surface area contributed by atoms with E-state index >= 15 is 0 Å². The fourth-order valence-electron chi connectivity index (χ4n) is 3.23. The van der Waals surface area contributed by atoms with Crippen molar-refractivity contribution in [3.8, 4) is 5.75 Å². The van der Waals surface area contributed by atoms with Gasteiger partial charge in [0.15, 0.2) is 6.54 Å². The minimum absolute atomic E-state index is 0.139. The highest BCUT2D eigenvalue weighted by Crippen LogP contribution is 2.35. The number of rotatable bonds is 5. The van der Waals surface area contributed by atoms with Crippen molar-refractivity contribution in [2.45, 2.75) is 37.3 Å². The van der Waals surface area contributed by atoms with E-state index in [9.17, 15) is 9.90 Å². The maximum Gasteiger partial charge on any atom is 0.275 e. The van der Waals surface area contributed by atoms with E-state index in [-0.39, 0.29) is 5.91 Å². The van der Waals surface area contributed by atoms with Gasteiger partial charge in [-0.3, -0.25) is 4.79 Å². The van der Waals surface area contributed by atoms with Crippen molar-refractivity contribution in [3.05, 3.63) is 29.8 Å². The van der Waals surface area contributed by atoms with Crippen molar-refractivity contribution >= 4 is 5.91 Å². The lowest BCUT2D eigenvalue weighted by molar-refractivity contribution is -0.900. The fraction of sp³-hybridized carbons (Fsp3) is 0.588. The maximum atomic E-state index is 11.9. The number of hydrogen-bond donors (Lipinski definition) is 3. The number of carbonyl (C=O) groups is 1. The third kappa shape index (κ3) is 3.42. The Morgan fingerprint density at radius 1 is 1.36 bits per heavy atom. The summed E-state index contributed by atoms with van der Waals surface area (Å²) < 4.78 is 5.37. The zero-order valence-electron chi connectivity index (χ0n) is 13.1. The minimum Gasteiger partial charge on any atom is -0.496 e. The van der Waals surface area contributed by atoms with Crippen molar-refractivity contribution in [1.29, 1.82) is 0 Å². The van der Waals surface area contributed by atoms with E-state index in [1.54, 1.807) is 7.11 Å². The Kier molecular flexibility index (Phi) is 4.36. The third-order valence-electron chi connectivity index (χ3n) is 4.75. The number of ether oxygens (including phenoxy) is 1. The second-order valence-electron chi connectivity index (χ2n) is 6.50. The smallest absolute Gasteiger partial charge is 0.275 e. The fourth-order valence-corrected chi connectivity index (χ4v) is 3.23. The summed E-state index contributed by atoms with van der Waals surface area (Å²) in [4.78, 5) is 13.1. The highest BCUT2D eigenvalue weighted by Gasteiger charge is 2.38. The van der Waals surface area contributed by atoms with E-state index in [1.165, 1.54) is 4.90 Å². The number of methoxy groups -OCH3 is 1. The van der Waals surface area contributed by atoms with Gasteiger partial charge in [-0.05, 0) is 18.9 Å². The highest BCUT2D eigenvalue weighted by molar-refractivity contribution is 5.77. The van der Waals surface area contributed by atoms with Crippen LogP contribution in [0.4, 0.5) is 0 Å². The molecular formula is C17H25N2O3+. The second-order valence-corrected chi connectivity index (χ2v) is 6.50. The molecule has 1 saturated heterocycles. The van der Waals surface area contributed by atoms with E-state index < -0.39 is 5.60 Å². The summed E-state index contributed by atoms with van der Waals surface area (Å²) in [6, 6.07) is 8.08. The summed E-state index contributed by atoms with van der Waals surface area (Å²) in [5.41, 5.74) is 0.0160. The number of hydrogen-bond acceptors (Lipinski definition) is 3. The number of carbonyl (C=O) groups excluding carboxylic acids is 1. The van der Waals surface area contributed by atoms with Crippen molar-refractivity contribution < 1.29 is 19.5 Å². The zero-order chi connectivity index (χ0) is 15.6. The number of aliphatic hydroxyl groups is 1. The molecule has 5 heteroatoms. The molecule has 1 aliphatic heterocycles. The van der Waals surface area contributed by atoms with Gasteiger partial charge in [0.1, 0.15) is 11.4 Å². The summed E-state index contributed by atoms with van der Waals surface area (Å²) in [6.07, 6.45) is 3.54. The molecule has 3 rings (SSSR count). The van der Waals surface area contributed by atoms with Gasteiger partial charge in [0.25, 0.3) is 5.91 Å². The number of quaternary nitrogens is 1. The van der Waals surface area contributed by atoms with Crippen LogP contribution in [0.25, 0.3) is 0 Å². The molecule has 0 aromatic heterocycles. The van der Waals surface area contributed by atoms with Crippen molar-refractivity contribution in [3.63, 3.8) is 0 Å². The van der Waals surface area contributed by atoms with Gasteiger partial charge in [-0.15, -0.1) is 0 Å². The maximum absolute atomic E-state index is 11.9. The quantitative estimate of drug-likeness (QED) is 0.708. The molecule has 1 aromatic rings. The van der Waals surface area contributed by atoms with Gasteiger partial charge in [-0.2, -0.15) is 0 Å². The standard InChI is InChI=1S/C17H24N2O3/c1-22-15-5-3-2-4-14(15)17(21)8-10-19(11-9-17)12-16(20)18-13-6-7-13/h2-5,13,21H,6-12H2,1H3,(H,18,20)/p+1. The monoisotopic (exact) mass is 305 g/mol. The first-order valence-electron chi connectivity index (χ1n) is 8.09. The molecule has 1 aliphatic carbocycles. The Hall–Kier alpha value is -1.59. The first-order chi connectivity index (χ1) is 10.6. The molecule has 0 radical (unpaired) electrons. The van der Waals surface area contributed by atoms with Crippen LogP contribution in [-0.4, -0.2) is 43.8 Å². The molecule has 0 atom stereocenters. The van der Waals surface area contributed by atoms with Crippen LogP contribution < -0.4 is 15.0 Å². The molecule has 1 aromatic carbocycles. The van der Waals surface area contributed by atoms with Crippen LogP contribution in [0.5, 0.6) is 5.75 Å². The lowest BCUT2D eigenvalue weighted by Gasteiger charge is -2.36. The van der Waals surface area contributed by atoms with Gasteiger partial charge in [0.2, 0.25) is 0 Å². The molecule has 2 fully saturated rings. The lowest BCUT2D eigenvalue weighted by Crippen LogP contribution is -3.14. The molecule has 3 N–H and O–H groups in total. The molecule has 0 unspecified atom stereocenters. The summed E-state index contributed by atoms with van der Waals surface area (Å²) in [5, 5.41) is 14.0. The molecule has 1 saturated carbocycles. The number of benzene rings is 1. The van der Waals surface area contributed by atoms with Crippen LogP contribution in [-0.2, 0) is 10.4 Å². The Morgan fingerprint density at radius 3 is 2.68 bits per heavy atom. The zero-order valence-corrected chi connectivity index (χ0v) is 13.1. The molecule has 120 valence electrons. The minimum atomic E-state index is -0.844. The van der Waals surface area contributed by atoms with Crippen LogP contribution in [0.3, 0.4) is 0 Å². The summed E-state index contributed by atoms with van der Waals surface area (Å²) in [5.74, 6) is 0.875. The Bertz CT molecular complexity index is 534. The molecule has 1 heterocycles. The van der Waals surface area contributed by atoms with E-state index in [4.69, 9.17) is 4.74 Å². The second kappa shape index (κ2) is 6.26. The molecular weight excluding hydrogens is 280 g/mol. The Labute approximate surface area is 131 Å². The van der Waals surface area contributed by atoms with E-state index in [2.05, 4.69) is 5.32 Å². The Morgan fingerprint density at radius 2 is 2.05 bits per heavy atom. The predicted octanol–water partition coefficient (Wildman–Crippen LogP) is -0.160. The van der Waals surface area contributed by atoms with Gasteiger partial charge >= 0.3 is 0 Å². The first-order valence-corrected chi connectivity index (χ1v) is 8.09. The highest BCUT2D eigenvalue weighted by atomic mass is 16.5. The summed E-state index contributed by atoms with van der Waals surface area (Å²) >= 11 is 0. The van der Waals surface area contributed by atoms with Crippen molar-refractivity contribution in [2.75, 3.05) is 26.7 Å². The molecule has 5 nitrogen and oxygen atoms in total. The first kappa shape index (κ1) is 15.3. The molecule has 0 bridgehead atoms. The van der Waals surface area contributed by atoms with E-state index in [0.29, 0.717) is 25.4 Å². The van der Waals surface area contributed by atoms with Gasteiger partial charge in [0.05, 0.1) is 20.2 Å². The SMILES string of the molecule is COc1ccccc1C1(O)CC[NH+](CC(=O)NC2CC2)CC1. The van der Waals surface area contributed by atoms with Gasteiger partial charge in [-0.25, -0.2) is 0 Å². The summed E-state index contributed by atoms with van der Waals surface area (Å²) in [6.45, 7) is 2.11. The number of piperidine rings is 1. The molecule has 22 heavy (non-hydrogen) atoms. The van der Waals surface area contributed by atoms with Gasteiger partial charge in [0, 0.05) is 24.4 Å². The van der Waals surface area contributed by atoms with Gasteiger partial charge < -0.3 is 20.1 Å². The number of likely N-dealkylation sites (tertiary alicyclic amines) is 1. The van der Waals surface area contributed by atoms with Crippen LogP contribution >= 0.6 is 0 Å². The number of para-hydroxylation sites is 1. The lowest BCUT2D eigenvalue weighted by atomic mass is 9.84. The average molecular weight is 305 g/mol. The van der Waals surface area contributed by atoms with E-state index in [1.807, 2.05) is 24.3 Å². The van der Waals surface area contributed by atoms with Crippen LogP contribution in [0, 0.1) is 0 Å². The normalized spacial score (nSPS) is 28.2. The topological polar surface area (TPSA) is 63.0 Å². The number of amides is 1. The van der Waals surface area contributed by atoms with Gasteiger partial charge in [-0.1, -0.05) is 18.2 Å². The van der Waals surface area contributed by atoms with Crippen molar-refractivity contribution in [1.82, 2.24) is 5.32 Å². The van der Waals surface area contributed by atoms with Crippen molar-refractivity contribution in [2.24, 2.45) is 0 Å². The predicted molar refractivity (Wildman–Crippen MR) is 82.9 cm³/mol. The molecule has 0 spiro atoms.